The number of carbonyl (C=O) groups is 11. The zero-order valence-corrected chi connectivity index (χ0v) is 76.4. The van der Waals surface area contributed by atoms with Crippen LogP contribution in [0.1, 0.15) is 117 Å². The third-order valence-corrected chi connectivity index (χ3v) is 26.3. The lowest BCUT2D eigenvalue weighted by Crippen LogP contribution is -2.74. The van der Waals surface area contributed by atoms with Gasteiger partial charge in [-0.25, -0.2) is 14.3 Å². The first-order chi connectivity index (χ1) is 64.6. The van der Waals surface area contributed by atoms with Crippen molar-refractivity contribution >= 4 is 134 Å². The number of oxime groups is 1. The normalized spacial score (nSPS) is 27.5. The molecule has 2 aromatic heterocycles. The number of nitrogen functional groups attached to an aromatic ring is 1. The molecule has 7 aromatic rings. The van der Waals surface area contributed by atoms with Crippen molar-refractivity contribution in [3.8, 4) is 57.1 Å². The number of pyridine rings is 1. The number of carboxylic acids is 1. The standard InChI is InChI=1S/C87H95Cl3N16O28S2/c1-33(2)20-45(94-5)74(117)100-62-66(112)36-11-14-49(43(88)22-36)130-51-24-38-25-52(70(51)134-85-71(69(115)68(114)53(31-107)132-85)133-55-29-87(4,93)72(116)34(3)129-55)131-50-15-12-37(23-44(50)89)67(113)63-81(124)99-59(42-26-40(108)27-48(110)56(42)41-21-35(10-13-47(41)109)57(77(120)101-63)98-78(121)58(38)97-75(118)46(28-54(91)111)96-80(62)123)76(119)95-16-9-19-128-104-61(60-73(90)136-86(92)103-60)79(122)102-64-82(125)106-65(84(126)127)39(32-135-83(64)106)30-105-17-7-6-8-18-105/h6-8,10-15,17-18,21-27,32-34,45-46,53,55,57-59,62-69,71-72,83,85,94,107,112-116H,9,16,19-20,28-31,93H2,1-5H3,(H15-,91,92,95,96,97,98,99,100,101,102,103,104,108,109,110,111,117,118,119,120,121,122,123,124,126,127)/p+1/t34-,45+,46-,53+,55-,57+,58+,59-,62?,63-,64+,65?,66+,67+,68+,69-,71+,72+,83+,85-,87-/m0/s1. The Balaban J connectivity index is 0.848. The Labute approximate surface area is 795 Å². The van der Waals surface area contributed by atoms with E-state index in [-0.39, 0.29) is 63.8 Å². The van der Waals surface area contributed by atoms with Gasteiger partial charge in [-0.05, 0) is 121 Å². The van der Waals surface area contributed by atoms with Crippen molar-refractivity contribution in [3.05, 3.63) is 168 Å². The molecule has 0 spiro atoms. The van der Waals surface area contributed by atoms with Crippen molar-refractivity contribution < 1.29 is 142 Å². The highest BCUT2D eigenvalue weighted by Gasteiger charge is 2.58. The highest BCUT2D eigenvalue weighted by molar-refractivity contribution is 8.03. The number of β-lactam (4-membered cyclic amide) rings is 1. The van der Waals surface area contributed by atoms with E-state index in [1.54, 1.807) is 54.4 Å². The molecule has 5 aromatic carbocycles. The van der Waals surface area contributed by atoms with Gasteiger partial charge in [-0.15, -0.1) is 11.8 Å². The van der Waals surface area contributed by atoms with E-state index in [4.69, 9.17) is 85.3 Å². The van der Waals surface area contributed by atoms with Crippen LogP contribution in [0, 0.1) is 5.92 Å². The smallest absolute Gasteiger partial charge is 0.331 e. The largest absolute Gasteiger partial charge is 0.508 e. The second kappa shape index (κ2) is 41.7. The number of carbonyl (C=O) groups excluding carboxylic acids is 10. The van der Waals surface area contributed by atoms with Crippen LogP contribution in [0.3, 0.4) is 0 Å². The molecule has 2 unspecified atom stereocenters. The zero-order valence-electron chi connectivity index (χ0n) is 72.5. The number of benzene rings is 5. The van der Waals surface area contributed by atoms with E-state index in [0.717, 1.165) is 94.7 Å². The molecule has 0 aliphatic carbocycles. The maximum atomic E-state index is 16.4. The van der Waals surface area contributed by atoms with Crippen LogP contribution in [-0.4, -0.2) is 255 Å². The van der Waals surface area contributed by atoms with E-state index in [0.29, 0.717) is 5.57 Å². The van der Waals surface area contributed by atoms with Gasteiger partial charge in [-0.3, -0.25) is 47.9 Å². The van der Waals surface area contributed by atoms with Crippen molar-refractivity contribution in [1.29, 1.82) is 0 Å². The molecule has 21 atom stereocenters. The number of aliphatic hydroxyl groups is 6. The fourth-order valence-corrected chi connectivity index (χ4v) is 19.1. The average molecular weight is 1980 g/mol. The number of thiazole rings is 1. The SMILES string of the molecule is CN[C@H](CC(C)C)C(=O)NC1C(=O)N[C@@H](CC(N)=O)C(=O)N[C@H]2C(=O)N[C@H]3C(=O)N[C@H](C(=O)N[C@H](C(=O)NCCCO/N=C(\C(=O)N[C@@H]4C(=O)N5C(C(=O)O)C(C[n+]6ccccc6)=CS[C@H]45)c4nc(N)sc4Cl)c4cc(O)cc(O)c4-c4cc3ccc4O)[C@H](O)c3ccc(c(Cl)c3)Oc3cc2cc(c3O[C@@H]2O[C@H](CO)[C@@H](O)[C@H](O)[C@H]2O[C@H]2C[C@](C)(N)[C@H](O)[C@H](C)O2)Oc2ccc(cc2Cl)[C@H]1O. The topological polar surface area (TPSA) is 673 Å². The first kappa shape index (κ1) is 99.6. The molecule has 44 nitrogen and oxygen atoms in total. The predicted molar refractivity (Wildman–Crippen MR) is 480 cm³/mol. The number of anilines is 1. The van der Waals surface area contributed by atoms with E-state index in [2.05, 4.69) is 58.0 Å². The number of carboxylic acid groups (broad SMARTS) is 1. The number of ether oxygens (including phenoxy) is 6. The van der Waals surface area contributed by atoms with Crippen molar-refractivity contribution in [2.24, 2.45) is 22.5 Å². The van der Waals surface area contributed by atoms with Gasteiger partial charge < -0.3 is 154 Å². The Morgan fingerprint density at radius 3 is 2.04 bits per heavy atom. The molecule has 0 radical (unpaired) electrons. The van der Waals surface area contributed by atoms with Gasteiger partial charge >= 0.3 is 5.97 Å². The Bertz CT molecular complexity index is 5910. The molecule has 11 heterocycles. The minimum atomic E-state index is -2.41. The quantitative estimate of drug-likeness (QED) is 0.0128. The summed E-state index contributed by atoms with van der Waals surface area (Å²) in [5.74, 6) is -19.0. The number of fused-ring (bicyclic) bond motifs is 16. The highest BCUT2D eigenvalue weighted by Crippen LogP contribution is 2.51. The van der Waals surface area contributed by atoms with Crippen LogP contribution < -0.4 is 83.8 Å². The zero-order chi connectivity index (χ0) is 98.1. The average Bonchev–Trinajstić information content (AvgIpc) is 0.767. The number of phenolic OH excluding ortho intramolecular Hbond substituents is 3. The molecule has 9 aliphatic heterocycles. The summed E-state index contributed by atoms with van der Waals surface area (Å²) in [5.41, 5.74) is 13.5. The number of halogens is 3. The lowest BCUT2D eigenvalue weighted by atomic mass is 9.86. The molecule has 3 fully saturated rings. The summed E-state index contributed by atoms with van der Waals surface area (Å²) >= 11 is 22.7. The maximum absolute atomic E-state index is 16.4. The summed E-state index contributed by atoms with van der Waals surface area (Å²) in [7, 11) is 1.46. The number of hydrogen-bond donors (Lipinski definition) is 22. The number of hydrogen-bond acceptors (Lipinski definition) is 34. The van der Waals surface area contributed by atoms with E-state index < -0.39 is 302 Å². The lowest BCUT2D eigenvalue weighted by molar-refractivity contribution is -0.689. The molecular formula is C87H96Cl3N16O28S2+. The van der Waals surface area contributed by atoms with Gasteiger partial charge in [0.2, 0.25) is 65.2 Å². The van der Waals surface area contributed by atoms with Crippen molar-refractivity contribution in [2.75, 3.05) is 32.5 Å². The van der Waals surface area contributed by atoms with E-state index in [1.807, 2.05) is 0 Å². The van der Waals surface area contributed by atoms with Crippen LogP contribution in [-0.2, 0) is 78.3 Å². The second-order valence-corrected chi connectivity index (χ2v) is 37.1. The number of thioether (sulfide) groups is 1. The number of aliphatic hydroxyl groups excluding tert-OH is 6. The predicted octanol–water partition coefficient (Wildman–Crippen LogP) is 0.366. The Morgan fingerprint density at radius 1 is 0.757 bits per heavy atom. The number of aromatic hydroxyl groups is 3. The molecule has 724 valence electrons. The van der Waals surface area contributed by atoms with Crippen molar-refractivity contribution in [1.82, 2.24) is 57.7 Å². The molecule has 25 N–H and O–H groups in total. The van der Waals surface area contributed by atoms with E-state index in [1.165, 1.54) is 33.0 Å². The van der Waals surface area contributed by atoms with Crippen molar-refractivity contribution in [3.63, 3.8) is 0 Å². The van der Waals surface area contributed by atoms with Crippen LogP contribution >= 0.6 is 57.9 Å². The van der Waals surface area contributed by atoms with Crippen LogP contribution in [0.4, 0.5) is 5.13 Å². The van der Waals surface area contributed by atoms with Gasteiger partial charge in [0.15, 0.2) is 59.7 Å². The summed E-state index contributed by atoms with van der Waals surface area (Å²) in [5, 5.41) is 143. The molecule has 0 saturated carbocycles. The summed E-state index contributed by atoms with van der Waals surface area (Å²) in [6, 6.07) is 1.61. The van der Waals surface area contributed by atoms with E-state index >= 15 is 28.8 Å². The number of rotatable bonds is 24. The number of nitrogens with zero attached hydrogens (tertiary/aromatic N) is 4. The number of nitrogens with two attached hydrogens (primary N) is 3. The third-order valence-electron chi connectivity index (χ3n) is 23.4. The van der Waals surface area contributed by atoms with Crippen molar-refractivity contribution in [2.45, 2.75) is 187 Å². The van der Waals surface area contributed by atoms with E-state index in [9.17, 15) is 75.0 Å². The monoisotopic (exact) mass is 1980 g/mol. The minimum Gasteiger partial charge on any atom is -0.508 e. The van der Waals surface area contributed by atoms with Gasteiger partial charge in [0.25, 0.3) is 5.91 Å². The number of nitrogens with one attached hydrogen (secondary N) is 9. The lowest BCUT2D eigenvalue weighted by Gasteiger charge is -2.51. The van der Waals surface area contributed by atoms with Crippen LogP contribution in [0.25, 0.3) is 11.1 Å². The summed E-state index contributed by atoms with van der Waals surface area (Å²) < 4.78 is 40.3. The van der Waals surface area contributed by atoms with Gasteiger partial charge in [-0.2, -0.15) is 0 Å². The molecule has 3 saturated heterocycles. The second-order valence-electron chi connectivity index (χ2n) is 33.7. The van der Waals surface area contributed by atoms with Crippen LogP contribution in [0.15, 0.2) is 126 Å². The molecule has 136 heavy (non-hydrogen) atoms. The molecule has 9 aliphatic rings. The number of phenols is 3. The summed E-state index contributed by atoms with van der Waals surface area (Å²) in [4.78, 5) is 173. The van der Waals surface area contributed by atoms with Gasteiger partial charge in [0.1, 0.15) is 124 Å². The molecular weight excluding hydrogens is 1890 g/mol. The Morgan fingerprint density at radius 2 is 1.41 bits per heavy atom. The highest BCUT2D eigenvalue weighted by atomic mass is 35.5. The molecule has 10 amide bonds. The Hall–Kier alpha value is -12.4. The Kier molecular flexibility index (Phi) is 30.5. The maximum Gasteiger partial charge on any atom is 0.331 e. The number of likely N-dealkylation sites (N-methyl/N-ethyl adjacent to an activating group) is 1. The molecule has 49 heteroatoms. The van der Waals surface area contributed by atoms with Crippen LogP contribution in [0.5, 0.6) is 46.0 Å². The first-order valence-corrected chi connectivity index (χ1v) is 45.3. The van der Waals surface area contributed by atoms with Gasteiger partial charge in [-0.1, -0.05) is 89.4 Å². The first-order valence-electron chi connectivity index (χ1n) is 42.4. The van der Waals surface area contributed by atoms with Crippen LogP contribution in [0.2, 0.25) is 14.4 Å². The number of aliphatic carboxylic acids is 1. The third kappa shape index (κ3) is 21.4. The minimum absolute atomic E-state index is 0.112. The number of aromatic nitrogens is 2. The van der Waals surface area contributed by atoms with Gasteiger partial charge in [0.05, 0.1) is 41.3 Å². The molecule has 16 rings (SSSR count). The van der Waals surface area contributed by atoms with Gasteiger partial charge in [0, 0.05) is 59.8 Å². The number of amides is 10. The fourth-order valence-electron chi connectivity index (χ4n) is 16.5. The fraction of sp³-hybridized carbons (Fsp3) is 0.402. The number of primary amides is 1. The summed E-state index contributed by atoms with van der Waals surface area (Å²) in [6.45, 7) is 4.82. The summed E-state index contributed by atoms with van der Waals surface area (Å²) in [6.07, 6.45) is -15.9. The molecule has 11 bridgehead atoms.